The van der Waals surface area contributed by atoms with Crippen LogP contribution in [0.4, 0.5) is 5.69 Å². The average molecular weight is 357 g/mol. The van der Waals surface area contributed by atoms with Crippen LogP contribution in [-0.2, 0) is 4.79 Å². The highest BCUT2D eigenvalue weighted by molar-refractivity contribution is 9.10. The number of nitro groups is 1. The van der Waals surface area contributed by atoms with E-state index in [0.717, 1.165) is 6.07 Å². The number of halogens is 1. The molecule has 1 N–H and O–H groups in total. The fraction of sp³-hybridized carbons (Fsp3) is 0.385. The number of aliphatic carboxylic acids is 1. The summed E-state index contributed by atoms with van der Waals surface area (Å²) in [5, 5.41) is 20.1. The number of likely N-dealkylation sites (tertiary alicyclic amines) is 1. The van der Waals surface area contributed by atoms with Gasteiger partial charge in [0.1, 0.15) is 6.04 Å². The van der Waals surface area contributed by atoms with Crippen LogP contribution in [0.5, 0.6) is 0 Å². The van der Waals surface area contributed by atoms with Crippen molar-refractivity contribution >= 4 is 33.5 Å². The van der Waals surface area contributed by atoms with Crippen LogP contribution < -0.4 is 0 Å². The fourth-order valence-corrected chi connectivity index (χ4v) is 2.91. The van der Waals surface area contributed by atoms with Crippen molar-refractivity contribution in [1.82, 2.24) is 4.90 Å². The predicted octanol–water partition coefficient (Wildman–Crippen LogP) is 2.29. The van der Waals surface area contributed by atoms with Crippen LogP contribution >= 0.6 is 15.9 Å². The van der Waals surface area contributed by atoms with E-state index in [1.807, 2.05) is 0 Å². The Hall–Kier alpha value is -1.96. The molecule has 0 bridgehead atoms. The number of carboxylic acid groups (broad SMARTS) is 1. The molecule has 2 unspecified atom stereocenters. The lowest BCUT2D eigenvalue weighted by Gasteiger charge is -2.23. The van der Waals surface area contributed by atoms with Crippen molar-refractivity contribution in [1.29, 1.82) is 0 Å². The number of carbonyl (C=O) groups excluding carboxylic acids is 1. The van der Waals surface area contributed by atoms with E-state index < -0.39 is 22.8 Å². The summed E-state index contributed by atoms with van der Waals surface area (Å²) in [7, 11) is 0. The van der Waals surface area contributed by atoms with Crippen molar-refractivity contribution in [2.45, 2.75) is 19.4 Å². The number of nitro benzene ring substituents is 1. The zero-order chi connectivity index (χ0) is 15.7. The Kier molecular flexibility index (Phi) is 4.26. The van der Waals surface area contributed by atoms with Gasteiger partial charge in [0.05, 0.1) is 10.5 Å². The molecule has 0 spiro atoms. The number of hydrogen-bond donors (Lipinski definition) is 1. The maximum atomic E-state index is 12.5. The fourth-order valence-electron chi connectivity index (χ4n) is 2.50. The summed E-state index contributed by atoms with van der Waals surface area (Å²) in [6.07, 6.45) is 0.593. The monoisotopic (exact) mass is 356 g/mol. The minimum absolute atomic E-state index is 0.101. The average Bonchev–Trinajstić information content (AvgIpc) is 2.80. The highest BCUT2D eigenvalue weighted by Gasteiger charge is 2.40. The largest absolute Gasteiger partial charge is 0.480 e. The normalized spacial score (nSPS) is 21.3. The Balaban J connectivity index is 2.38. The number of rotatable bonds is 3. The molecule has 0 saturated carbocycles. The third kappa shape index (κ3) is 2.90. The van der Waals surface area contributed by atoms with Crippen LogP contribution in [0.25, 0.3) is 0 Å². The molecule has 1 aliphatic heterocycles. The van der Waals surface area contributed by atoms with E-state index in [1.54, 1.807) is 6.92 Å². The lowest BCUT2D eigenvalue weighted by atomic mass is 10.0. The van der Waals surface area contributed by atoms with Gasteiger partial charge in [-0.2, -0.15) is 0 Å². The van der Waals surface area contributed by atoms with Crippen LogP contribution in [0.2, 0.25) is 0 Å². The van der Waals surface area contributed by atoms with Crippen molar-refractivity contribution in [3.05, 3.63) is 38.3 Å². The van der Waals surface area contributed by atoms with E-state index in [9.17, 15) is 24.8 Å². The van der Waals surface area contributed by atoms with Gasteiger partial charge in [-0.1, -0.05) is 6.92 Å². The second-order valence-electron chi connectivity index (χ2n) is 4.97. The first-order valence-corrected chi connectivity index (χ1v) is 7.10. The molecule has 7 nitrogen and oxygen atoms in total. The molecule has 2 atom stereocenters. The topological polar surface area (TPSA) is 101 Å². The zero-order valence-electron chi connectivity index (χ0n) is 11.2. The van der Waals surface area contributed by atoms with Crippen LogP contribution in [0.1, 0.15) is 23.7 Å². The van der Waals surface area contributed by atoms with Gasteiger partial charge in [0, 0.05) is 23.2 Å². The zero-order valence-corrected chi connectivity index (χ0v) is 12.7. The summed E-state index contributed by atoms with van der Waals surface area (Å²) in [4.78, 5) is 35.3. The Morgan fingerprint density at radius 2 is 2.14 bits per heavy atom. The lowest BCUT2D eigenvalue weighted by molar-refractivity contribution is -0.384. The van der Waals surface area contributed by atoms with E-state index in [0.29, 0.717) is 17.4 Å². The van der Waals surface area contributed by atoms with Gasteiger partial charge in [0.25, 0.3) is 11.6 Å². The number of carbonyl (C=O) groups is 2. The Morgan fingerprint density at radius 3 is 2.71 bits per heavy atom. The SMILES string of the molecule is CC1CCN(C(=O)c2cc([N+](=O)[O-])ccc2Br)C1C(=O)O. The van der Waals surface area contributed by atoms with Gasteiger partial charge >= 0.3 is 5.97 Å². The van der Waals surface area contributed by atoms with E-state index in [1.165, 1.54) is 17.0 Å². The van der Waals surface area contributed by atoms with E-state index >= 15 is 0 Å². The standard InChI is InChI=1S/C13H13BrN2O5/c1-7-4-5-15(11(7)13(18)19)12(17)9-6-8(16(20)21)2-3-10(9)14/h2-3,6-7,11H,4-5H2,1H3,(H,18,19). The summed E-state index contributed by atoms with van der Waals surface area (Å²) in [6.45, 7) is 2.10. The summed E-state index contributed by atoms with van der Waals surface area (Å²) >= 11 is 3.18. The summed E-state index contributed by atoms with van der Waals surface area (Å²) < 4.78 is 0.404. The van der Waals surface area contributed by atoms with Gasteiger partial charge < -0.3 is 10.0 Å². The van der Waals surface area contributed by atoms with Crippen molar-refractivity contribution < 1.29 is 19.6 Å². The first-order valence-electron chi connectivity index (χ1n) is 6.30. The van der Waals surface area contributed by atoms with Crippen LogP contribution in [0.3, 0.4) is 0 Å². The first-order chi connectivity index (χ1) is 9.82. The highest BCUT2D eigenvalue weighted by atomic mass is 79.9. The lowest BCUT2D eigenvalue weighted by Crippen LogP contribution is -2.42. The third-order valence-corrected chi connectivity index (χ3v) is 4.30. The van der Waals surface area contributed by atoms with Gasteiger partial charge in [0.2, 0.25) is 0 Å². The predicted molar refractivity (Wildman–Crippen MR) is 77.0 cm³/mol. The molecule has 0 aromatic heterocycles. The highest BCUT2D eigenvalue weighted by Crippen LogP contribution is 2.29. The van der Waals surface area contributed by atoms with Gasteiger partial charge in [-0.25, -0.2) is 4.79 Å². The van der Waals surface area contributed by atoms with Crippen LogP contribution in [0, 0.1) is 16.0 Å². The molecule has 1 fully saturated rings. The second-order valence-corrected chi connectivity index (χ2v) is 5.82. The molecule has 1 amide bonds. The summed E-state index contributed by atoms with van der Waals surface area (Å²) in [6, 6.07) is 2.96. The molecular weight excluding hydrogens is 344 g/mol. The Morgan fingerprint density at radius 1 is 1.48 bits per heavy atom. The maximum absolute atomic E-state index is 12.5. The molecule has 1 aromatic rings. The smallest absolute Gasteiger partial charge is 0.326 e. The van der Waals surface area contributed by atoms with Gasteiger partial charge in [-0.05, 0) is 34.3 Å². The molecule has 21 heavy (non-hydrogen) atoms. The van der Waals surface area contributed by atoms with Gasteiger partial charge in [-0.3, -0.25) is 14.9 Å². The minimum Gasteiger partial charge on any atom is -0.480 e. The van der Waals surface area contributed by atoms with Crippen molar-refractivity contribution in [2.24, 2.45) is 5.92 Å². The van der Waals surface area contributed by atoms with Crippen LogP contribution in [-0.4, -0.2) is 39.4 Å². The van der Waals surface area contributed by atoms with E-state index in [4.69, 9.17) is 0 Å². The first kappa shape index (κ1) is 15.4. The third-order valence-electron chi connectivity index (χ3n) is 3.61. The molecule has 8 heteroatoms. The second kappa shape index (κ2) is 5.80. The minimum atomic E-state index is -1.06. The number of non-ortho nitro benzene ring substituents is 1. The number of amides is 1. The van der Waals surface area contributed by atoms with Gasteiger partial charge in [-0.15, -0.1) is 0 Å². The Labute approximate surface area is 128 Å². The number of carboxylic acids is 1. The molecule has 2 rings (SSSR count). The summed E-state index contributed by atoms with van der Waals surface area (Å²) in [5.41, 5.74) is -0.106. The summed E-state index contributed by atoms with van der Waals surface area (Å²) in [5.74, 6) is -1.72. The quantitative estimate of drug-likeness (QED) is 0.661. The van der Waals surface area contributed by atoms with Crippen molar-refractivity contribution in [3.8, 4) is 0 Å². The molecule has 1 heterocycles. The molecule has 112 valence electrons. The molecule has 1 saturated heterocycles. The van der Waals surface area contributed by atoms with E-state index in [-0.39, 0.29) is 17.2 Å². The van der Waals surface area contributed by atoms with E-state index in [2.05, 4.69) is 15.9 Å². The molecule has 0 radical (unpaired) electrons. The number of hydrogen-bond acceptors (Lipinski definition) is 4. The van der Waals surface area contributed by atoms with Crippen molar-refractivity contribution in [3.63, 3.8) is 0 Å². The molecular formula is C13H13BrN2O5. The number of benzene rings is 1. The van der Waals surface area contributed by atoms with Crippen LogP contribution in [0.15, 0.2) is 22.7 Å². The van der Waals surface area contributed by atoms with Gasteiger partial charge in [0.15, 0.2) is 0 Å². The molecule has 1 aliphatic rings. The molecule has 1 aromatic carbocycles. The van der Waals surface area contributed by atoms with Crippen molar-refractivity contribution in [2.75, 3.05) is 6.54 Å². The molecule has 0 aliphatic carbocycles. The maximum Gasteiger partial charge on any atom is 0.326 e. The number of nitrogens with zero attached hydrogens (tertiary/aromatic N) is 2. The Bertz CT molecular complexity index is 619.